The third-order valence-corrected chi connectivity index (χ3v) is 3.17. The van der Waals surface area contributed by atoms with Gasteiger partial charge in [0.1, 0.15) is 6.04 Å². The van der Waals surface area contributed by atoms with Crippen LogP contribution in [0.2, 0.25) is 0 Å². The van der Waals surface area contributed by atoms with E-state index in [0.717, 1.165) is 11.4 Å². The summed E-state index contributed by atoms with van der Waals surface area (Å²) in [6, 6.07) is -1.04. The average molecular weight is 240 g/mol. The molecule has 0 unspecified atom stereocenters. The number of amides is 3. The minimum atomic E-state index is -0.565. The minimum Gasteiger partial charge on any atom is -0.298 e. The molecule has 0 bridgehead atoms. The van der Waals surface area contributed by atoms with Crippen LogP contribution in [0.5, 0.6) is 0 Å². The maximum Gasteiger partial charge on any atom is 0.353 e. The van der Waals surface area contributed by atoms with Gasteiger partial charge < -0.3 is 0 Å². The maximum absolute atomic E-state index is 12.0. The molecule has 7 heteroatoms. The summed E-state index contributed by atoms with van der Waals surface area (Å²) in [7, 11) is 0. The minimum absolute atomic E-state index is 0.119. The van der Waals surface area contributed by atoms with Gasteiger partial charge in [-0.2, -0.15) is 0 Å². The molecule has 17 heavy (non-hydrogen) atoms. The highest BCUT2D eigenvalue weighted by Gasteiger charge is 2.41. The lowest BCUT2D eigenvalue weighted by Gasteiger charge is -2.42. The molecule has 2 fully saturated rings. The monoisotopic (exact) mass is 240 g/mol. The van der Waals surface area contributed by atoms with Crippen LogP contribution in [0.15, 0.2) is 0 Å². The normalized spacial score (nSPS) is 25.8. The number of carbonyl (C=O) groups excluding carboxylic acids is 3. The van der Waals surface area contributed by atoms with Crippen molar-refractivity contribution < 1.29 is 14.4 Å². The number of hydrazine groups is 2. The Labute approximate surface area is 99.1 Å². The molecule has 7 nitrogen and oxygen atoms in total. The number of nitrogens with two attached hydrogens (primary N) is 1. The molecule has 1 atom stereocenters. The third kappa shape index (κ3) is 1.97. The molecule has 0 spiro atoms. The number of ketones is 1. The standard InChI is InChI=1S/C10H16N4O3/c1-7(15)8-3-2-5-13-9(16)4-6-12(11)10(17)14(8)13/h8H,2-6,11H2,1H3/t8-/m0/s1. The van der Waals surface area contributed by atoms with Crippen LogP contribution in [-0.4, -0.2) is 51.9 Å². The predicted molar refractivity (Wildman–Crippen MR) is 58.2 cm³/mol. The van der Waals surface area contributed by atoms with Crippen LogP contribution in [0, 0.1) is 0 Å². The molecule has 0 radical (unpaired) electrons. The fraction of sp³-hybridized carbons (Fsp3) is 0.700. The Morgan fingerprint density at radius 2 is 2.06 bits per heavy atom. The largest absolute Gasteiger partial charge is 0.353 e. The highest BCUT2D eigenvalue weighted by Crippen LogP contribution is 2.23. The summed E-state index contributed by atoms with van der Waals surface area (Å²) >= 11 is 0. The average Bonchev–Trinajstić information content (AvgIpc) is 2.42. The number of hydrogen-bond acceptors (Lipinski definition) is 4. The Hall–Kier alpha value is -1.63. The van der Waals surface area contributed by atoms with Gasteiger partial charge in [-0.05, 0) is 19.8 Å². The number of rotatable bonds is 1. The van der Waals surface area contributed by atoms with Gasteiger partial charge in [-0.25, -0.2) is 20.7 Å². The van der Waals surface area contributed by atoms with Crippen molar-refractivity contribution in [2.75, 3.05) is 13.1 Å². The van der Waals surface area contributed by atoms with Crippen LogP contribution in [0.4, 0.5) is 4.79 Å². The fourth-order valence-electron chi connectivity index (χ4n) is 2.26. The lowest BCUT2D eigenvalue weighted by Crippen LogP contribution is -2.61. The Bertz CT molecular complexity index is 371. The van der Waals surface area contributed by atoms with Gasteiger partial charge in [0.2, 0.25) is 5.91 Å². The second-order valence-corrected chi connectivity index (χ2v) is 4.36. The van der Waals surface area contributed by atoms with E-state index in [0.29, 0.717) is 13.0 Å². The second kappa shape index (κ2) is 4.33. The molecule has 2 N–H and O–H groups in total. The molecule has 3 amide bonds. The molecule has 2 aliphatic rings. The van der Waals surface area contributed by atoms with Crippen LogP contribution in [0.1, 0.15) is 26.2 Å². The van der Waals surface area contributed by atoms with E-state index in [2.05, 4.69) is 0 Å². The number of nitrogens with zero attached hydrogens (tertiary/aromatic N) is 3. The van der Waals surface area contributed by atoms with E-state index in [1.807, 2.05) is 0 Å². The smallest absolute Gasteiger partial charge is 0.298 e. The van der Waals surface area contributed by atoms with Crippen molar-refractivity contribution in [3.05, 3.63) is 0 Å². The molecular weight excluding hydrogens is 224 g/mol. The summed E-state index contributed by atoms with van der Waals surface area (Å²) < 4.78 is 0. The summed E-state index contributed by atoms with van der Waals surface area (Å²) in [5, 5.41) is 3.59. The number of hydrogen-bond donors (Lipinski definition) is 1. The zero-order valence-corrected chi connectivity index (χ0v) is 9.76. The molecule has 0 aromatic heterocycles. The maximum atomic E-state index is 12.0. The van der Waals surface area contributed by atoms with E-state index < -0.39 is 12.1 Å². The van der Waals surface area contributed by atoms with Crippen molar-refractivity contribution in [2.24, 2.45) is 5.84 Å². The van der Waals surface area contributed by atoms with Crippen molar-refractivity contribution in [1.29, 1.82) is 0 Å². The van der Waals surface area contributed by atoms with Crippen molar-refractivity contribution in [1.82, 2.24) is 15.0 Å². The fourth-order valence-corrected chi connectivity index (χ4v) is 2.26. The topological polar surface area (TPSA) is 87.0 Å². The second-order valence-electron chi connectivity index (χ2n) is 4.36. The van der Waals surface area contributed by atoms with Crippen LogP contribution in [-0.2, 0) is 9.59 Å². The Morgan fingerprint density at radius 1 is 1.35 bits per heavy atom. The van der Waals surface area contributed by atoms with Gasteiger partial charge in [-0.1, -0.05) is 0 Å². The Morgan fingerprint density at radius 3 is 2.71 bits per heavy atom. The summed E-state index contributed by atoms with van der Waals surface area (Å²) in [6.45, 7) is 2.09. The molecule has 0 aromatic carbocycles. The number of Topliss-reactive ketones (excluding diaryl/α,β-unsaturated/α-hetero) is 1. The highest BCUT2D eigenvalue weighted by atomic mass is 16.2. The van der Waals surface area contributed by atoms with Crippen molar-refractivity contribution in [2.45, 2.75) is 32.2 Å². The van der Waals surface area contributed by atoms with Crippen molar-refractivity contribution in [3.63, 3.8) is 0 Å². The summed E-state index contributed by atoms with van der Waals surface area (Å²) in [4.78, 5) is 35.4. The van der Waals surface area contributed by atoms with Gasteiger partial charge in [-0.3, -0.25) is 14.6 Å². The molecule has 0 saturated carbocycles. The van der Waals surface area contributed by atoms with Crippen molar-refractivity contribution in [3.8, 4) is 0 Å². The van der Waals surface area contributed by atoms with E-state index in [1.165, 1.54) is 16.9 Å². The molecular formula is C10H16N4O3. The summed E-state index contributed by atoms with van der Waals surface area (Å²) in [6.07, 6.45) is 1.51. The van der Waals surface area contributed by atoms with Gasteiger partial charge in [0.25, 0.3) is 0 Å². The zero-order chi connectivity index (χ0) is 12.6. The summed E-state index contributed by atoms with van der Waals surface area (Å²) in [5.41, 5.74) is 0. The van der Waals surface area contributed by atoms with Crippen molar-refractivity contribution >= 4 is 17.7 Å². The molecule has 2 heterocycles. The zero-order valence-electron chi connectivity index (χ0n) is 9.76. The van der Waals surface area contributed by atoms with Gasteiger partial charge in [0, 0.05) is 19.5 Å². The van der Waals surface area contributed by atoms with Crippen LogP contribution < -0.4 is 5.84 Å². The predicted octanol–water partition coefficient (Wildman–Crippen LogP) is -0.517. The molecule has 0 aliphatic carbocycles. The molecule has 2 saturated heterocycles. The van der Waals surface area contributed by atoms with Crippen LogP contribution >= 0.6 is 0 Å². The molecule has 2 aliphatic heterocycles. The van der Waals surface area contributed by atoms with E-state index in [4.69, 9.17) is 5.84 Å². The number of urea groups is 1. The Balaban J connectivity index is 2.34. The lowest BCUT2D eigenvalue weighted by molar-refractivity contribution is -0.153. The quantitative estimate of drug-likeness (QED) is 0.493. The number of fused-ring (bicyclic) bond motifs is 1. The lowest BCUT2D eigenvalue weighted by atomic mass is 10.0. The van der Waals surface area contributed by atoms with E-state index in [1.54, 1.807) is 0 Å². The third-order valence-electron chi connectivity index (χ3n) is 3.17. The molecule has 0 aromatic rings. The van der Waals surface area contributed by atoms with Crippen LogP contribution in [0.25, 0.3) is 0 Å². The van der Waals surface area contributed by atoms with Crippen LogP contribution in [0.3, 0.4) is 0 Å². The van der Waals surface area contributed by atoms with Gasteiger partial charge in [-0.15, -0.1) is 0 Å². The first-order chi connectivity index (χ1) is 8.02. The summed E-state index contributed by atoms with van der Waals surface area (Å²) in [5.74, 6) is 5.29. The molecule has 2 rings (SSSR count). The first-order valence-corrected chi connectivity index (χ1v) is 5.68. The highest BCUT2D eigenvalue weighted by molar-refractivity contribution is 5.90. The van der Waals surface area contributed by atoms with E-state index >= 15 is 0 Å². The number of carbonyl (C=O) groups is 3. The van der Waals surface area contributed by atoms with Gasteiger partial charge >= 0.3 is 6.03 Å². The SMILES string of the molecule is CC(=O)[C@@H]1CCCN2C(=O)CCN(N)C(=O)N12. The van der Waals surface area contributed by atoms with E-state index in [9.17, 15) is 14.4 Å². The Kier molecular flexibility index (Phi) is 3.01. The van der Waals surface area contributed by atoms with E-state index in [-0.39, 0.29) is 24.7 Å². The van der Waals surface area contributed by atoms with Gasteiger partial charge in [0.15, 0.2) is 5.78 Å². The molecule has 94 valence electrons. The van der Waals surface area contributed by atoms with Gasteiger partial charge in [0.05, 0.1) is 0 Å². The first-order valence-electron chi connectivity index (χ1n) is 5.68. The first kappa shape index (κ1) is 11.8.